The van der Waals surface area contributed by atoms with Crippen molar-refractivity contribution in [2.75, 3.05) is 19.8 Å². The molecular formula is C16H16F3NO3. The van der Waals surface area contributed by atoms with Gasteiger partial charge in [0.15, 0.2) is 5.76 Å². The first-order valence-corrected chi connectivity index (χ1v) is 7.38. The Bertz CT molecular complexity index is 656. The minimum atomic E-state index is -4.47. The molecule has 4 nitrogen and oxygen atoms in total. The summed E-state index contributed by atoms with van der Waals surface area (Å²) in [6, 6.07) is 7.81. The maximum absolute atomic E-state index is 12.9. The van der Waals surface area contributed by atoms with E-state index in [2.05, 4.69) is 0 Å². The molecule has 0 N–H and O–H groups in total. The first-order valence-electron chi connectivity index (χ1n) is 7.38. The summed E-state index contributed by atoms with van der Waals surface area (Å²) in [4.78, 5) is 13.4. The number of rotatable bonds is 3. The topological polar surface area (TPSA) is 42.7 Å². The molecule has 2 aromatic rings. The summed E-state index contributed by atoms with van der Waals surface area (Å²) in [5, 5.41) is 0.683. The van der Waals surface area contributed by atoms with Crippen molar-refractivity contribution in [3.63, 3.8) is 0 Å². The molecule has 1 aliphatic rings. The van der Waals surface area contributed by atoms with E-state index in [1.165, 1.54) is 6.07 Å². The lowest BCUT2D eigenvalue weighted by molar-refractivity contribution is -0.149. The molecule has 1 fully saturated rings. The first kappa shape index (κ1) is 15.9. The standard InChI is InChI=1S/C16H16F3NO3/c17-16(18,19)10-20(12-5-3-7-22-9-12)15(21)14-8-11-4-1-2-6-13(11)23-14/h1-2,4,6,8,12H,3,5,7,9-10H2/t12-/m1/s1. The van der Waals surface area contributed by atoms with E-state index in [4.69, 9.17) is 9.15 Å². The van der Waals surface area contributed by atoms with Gasteiger partial charge in [-0.1, -0.05) is 18.2 Å². The van der Waals surface area contributed by atoms with E-state index in [0.29, 0.717) is 30.4 Å². The Balaban J connectivity index is 1.89. The predicted octanol–water partition coefficient (Wildman–Crippen LogP) is 3.62. The molecule has 0 saturated carbocycles. The van der Waals surface area contributed by atoms with Crippen LogP contribution in [0.25, 0.3) is 11.0 Å². The van der Waals surface area contributed by atoms with Gasteiger partial charge in [-0.2, -0.15) is 13.2 Å². The van der Waals surface area contributed by atoms with Crippen LogP contribution >= 0.6 is 0 Å². The molecule has 7 heteroatoms. The van der Waals surface area contributed by atoms with E-state index in [-0.39, 0.29) is 12.4 Å². The SMILES string of the molecule is O=C(c1cc2ccccc2o1)N(CC(F)(F)F)[C@@H]1CCCOC1. The molecule has 23 heavy (non-hydrogen) atoms. The first-order chi connectivity index (χ1) is 10.9. The van der Waals surface area contributed by atoms with E-state index < -0.39 is 24.7 Å². The van der Waals surface area contributed by atoms with Gasteiger partial charge in [0.25, 0.3) is 5.91 Å². The lowest BCUT2D eigenvalue weighted by atomic mass is 10.1. The number of hydrogen-bond acceptors (Lipinski definition) is 3. The van der Waals surface area contributed by atoms with Gasteiger partial charge in [-0.25, -0.2) is 0 Å². The zero-order chi connectivity index (χ0) is 16.4. The normalized spacial score (nSPS) is 19.0. The number of amides is 1. The van der Waals surface area contributed by atoms with Crippen molar-refractivity contribution in [3.8, 4) is 0 Å². The number of halogens is 3. The van der Waals surface area contributed by atoms with Crippen LogP contribution < -0.4 is 0 Å². The number of benzene rings is 1. The summed E-state index contributed by atoms with van der Waals surface area (Å²) < 4.78 is 49.3. The summed E-state index contributed by atoms with van der Waals surface area (Å²) in [6.07, 6.45) is -3.35. The number of hydrogen-bond donors (Lipinski definition) is 0. The van der Waals surface area contributed by atoms with Gasteiger partial charge in [-0.3, -0.25) is 4.79 Å². The maximum atomic E-state index is 12.9. The van der Waals surface area contributed by atoms with Crippen molar-refractivity contribution in [1.82, 2.24) is 4.90 Å². The largest absolute Gasteiger partial charge is 0.451 e. The van der Waals surface area contributed by atoms with Gasteiger partial charge in [0.05, 0.1) is 12.6 Å². The zero-order valence-electron chi connectivity index (χ0n) is 12.3. The van der Waals surface area contributed by atoms with E-state index in [9.17, 15) is 18.0 Å². The van der Waals surface area contributed by atoms with Crippen LogP contribution in [0.5, 0.6) is 0 Å². The van der Waals surface area contributed by atoms with E-state index in [1.807, 2.05) is 0 Å². The molecule has 1 aromatic carbocycles. The van der Waals surface area contributed by atoms with Crippen molar-refractivity contribution in [2.24, 2.45) is 0 Å². The number of nitrogens with zero attached hydrogens (tertiary/aromatic N) is 1. The van der Waals surface area contributed by atoms with Crippen LogP contribution in [-0.2, 0) is 4.74 Å². The molecule has 1 saturated heterocycles. The minimum absolute atomic E-state index is 0.0824. The van der Waals surface area contributed by atoms with Gasteiger partial charge >= 0.3 is 6.18 Å². The van der Waals surface area contributed by atoms with Gasteiger partial charge in [0.1, 0.15) is 12.1 Å². The Hall–Kier alpha value is -2.02. The van der Waals surface area contributed by atoms with Gasteiger partial charge in [0, 0.05) is 12.0 Å². The molecule has 1 atom stereocenters. The van der Waals surface area contributed by atoms with Crippen LogP contribution in [0, 0.1) is 0 Å². The van der Waals surface area contributed by atoms with E-state index >= 15 is 0 Å². The van der Waals surface area contributed by atoms with Crippen molar-refractivity contribution in [1.29, 1.82) is 0 Å². The number of carbonyl (C=O) groups excluding carboxylic acids is 1. The second kappa shape index (κ2) is 6.23. The molecule has 0 radical (unpaired) electrons. The average Bonchev–Trinajstić information content (AvgIpc) is 2.96. The fraction of sp³-hybridized carbons (Fsp3) is 0.438. The van der Waals surface area contributed by atoms with Crippen molar-refractivity contribution in [2.45, 2.75) is 25.1 Å². The molecular weight excluding hydrogens is 311 g/mol. The molecule has 3 rings (SSSR count). The van der Waals surface area contributed by atoms with Crippen molar-refractivity contribution in [3.05, 3.63) is 36.1 Å². The third-order valence-corrected chi connectivity index (χ3v) is 3.82. The lowest BCUT2D eigenvalue weighted by Crippen LogP contribution is -2.49. The number of furan rings is 1. The highest BCUT2D eigenvalue weighted by atomic mass is 19.4. The molecule has 2 heterocycles. The van der Waals surface area contributed by atoms with Gasteiger partial charge < -0.3 is 14.1 Å². The van der Waals surface area contributed by atoms with Gasteiger partial charge in [-0.05, 0) is 25.0 Å². The monoisotopic (exact) mass is 327 g/mol. The number of carbonyl (C=O) groups is 1. The second-order valence-electron chi connectivity index (χ2n) is 5.57. The minimum Gasteiger partial charge on any atom is -0.451 e. The quantitative estimate of drug-likeness (QED) is 0.865. The summed E-state index contributed by atoms with van der Waals surface area (Å²) in [5.74, 6) is -0.838. The lowest BCUT2D eigenvalue weighted by Gasteiger charge is -2.34. The number of para-hydroxylation sites is 1. The Kier molecular flexibility index (Phi) is 4.30. The van der Waals surface area contributed by atoms with Crippen molar-refractivity contribution >= 4 is 16.9 Å². The number of ether oxygens (including phenoxy) is 1. The van der Waals surface area contributed by atoms with Crippen LogP contribution in [0.2, 0.25) is 0 Å². The van der Waals surface area contributed by atoms with Crippen LogP contribution in [0.1, 0.15) is 23.4 Å². The molecule has 1 aromatic heterocycles. The van der Waals surface area contributed by atoms with Gasteiger partial charge in [-0.15, -0.1) is 0 Å². The zero-order valence-corrected chi connectivity index (χ0v) is 12.3. The highest BCUT2D eigenvalue weighted by molar-refractivity contribution is 5.96. The second-order valence-corrected chi connectivity index (χ2v) is 5.57. The molecule has 0 aliphatic carbocycles. The molecule has 1 amide bonds. The molecule has 124 valence electrons. The molecule has 0 unspecified atom stereocenters. The highest BCUT2D eigenvalue weighted by Crippen LogP contribution is 2.26. The van der Waals surface area contributed by atoms with E-state index in [1.54, 1.807) is 24.3 Å². The Labute approximate surface area is 130 Å². The summed E-state index contributed by atoms with van der Waals surface area (Å²) in [7, 11) is 0. The Morgan fingerprint density at radius 3 is 2.74 bits per heavy atom. The van der Waals surface area contributed by atoms with Crippen LogP contribution in [0.3, 0.4) is 0 Å². The molecule has 0 bridgehead atoms. The van der Waals surface area contributed by atoms with Crippen LogP contribution in [0.15, 0.2) is 34.7 Å². The average molecular weight is 327 g/mol. The molecule has 1 aliphatic heterocycles. The Morgan fingerprint density at radius 2 is 2.09 bits per heavy atom. The fourth-order valence-electron chi connectivity index (χ4n) is 2.76. The maximum Gasteiger partial charge on any atom is 0.406 e. The summed E-state index contributed by atoms with van der Waals surface area (Å²) in [5.41, 5.74) is 0.475. The number of fused-ring (bicyclic) bond motifs is 1. The third kappa shape index (κ3) is 3.67. The Morgan fingerprint density at radius 1 is 1.30 bits per heavy atom. The van der Waals surface area contributed by atoms with E-state index in [0.717, 1.165) is 4.90 Å². The van der Waals surface area contributed by atoms with Gasteiger partial charge in [0.2, 0.25) is 0 Å². The highest BCUT2D eigenvalue weighted by Gasteiger charge is 2.38. The molecule has 0 spiro atoms. The summed E-state index contributed by atoms with van der Waals surface area (Å²) >= 11 is 0. The third-order valence-electron chi connectivity index (χ3n) is 3.82. The van der Waals surface area contributed by atoms with Crippen LogP contribution in [0.4, 0.5) is 13.2 Å². The van der Waals surface area contributed by atoms with Crippen molar-refractivity contribution < 1.29 is 27.1 Å². The van der Waals surface area contributed by atoms with Crippen LogP contribution in [-0.4, -0.2) is 42.8 Å². The predicted molar refractivity (Wildman–Crippen MR) is 77.1 cm³/mol. The number of alkyl halides is 3. The summed E-state index contributed by atoms with van der Waals surface area (Å²) in [6.45, 7) is -0.686. The fourth-order valence-corrected chi connectivity index (χ4v) is 2.76. The smallest absolute Gasteiger partial charge is 0.406 e.